The zero-order valence-electron chi connectivity index (χ0n) is 20.0. The van der Waals surface area contributed by atoms with E-state index in [2.05, 4.69) is 74.9 Å². The van der Waals surface area contributed by atoms with Gasteiger partial charge in [-0.05, 0) is 80.4 Å². The molecule has 0 atom stereocenters. The van der Waals surface area contributed by atoms with Crippen molar-refractivity contribution in [2.75, 3.05) is 0 Å². The van der Waals surface area contributed by atoms with E-state index >= 15 is 0 Å². The van der Waals surface area contributed by atoms with Gasteiger partial charge in [-0.3, -0.25) is 0 Å². The van der Waals surface area contributed by atoms with E-state index in [1.807, 2.05) is 64.2 Å². The van der Waals surface area contributed by atoms with Gasteiger partial charge in [0.2, 0.25) is 0 Å². The van der Waals surface area contributed by atoms with Crippen LogP contribution in [0.15, 0.2) is 35.4 Å². The molecule has 0 bridgehead atoms. The monoisotopic (exact) mass is 518 g/mol. The molecule has 0 aromatic heterocycles. The van der Waals surface area contributed by atoms with Crippen molar-refractivity contribution in [1.82, 2.24) is 0 Å². The Bertz CT molecular complexity index is 620. The summed E-state index contributed by atoms with van der Waals surface area (Å²) in [6.45, 7) is 14.2. The Labute approximate surface area is 215 Å². The molecule has 0 amide bonds. The van der Waals surface area contributed by atoms with Crippen molar-refractivity contribution >= 4 is 16.1 Å². The second-order valence-corrected chi connectivity index (χ2v) is 19.3. The van der Waals surface area contributed by atoms with E-state index in [0.717, 1.165) is 12.8 Å². The predicted molar refractivity (Wildman–Crippen MR) is 137 cm³/mol. The quantitative estimate of drug-likeness (QED) is 0.290. The van der Waals surface area contributed by atoms with Gasteiger partial charge in [0, 0.05) is 0 Å². The molecule has 0 unspecified atom stereocenters. The van der Waals surface area contributed by atoms with E-state index in [4.69, 9.17) is 0 Å². The molecule has 4 rings (SSSR count). The molecular formula is C28H36Si2Zr+2. The van der Waals surface area contributed by atoms with Crippen LogP contribution in [-0.2, 0) is 39.0 Å². The van der Waals surface area contributed by atoms with Crippen LogP contribution in [0.25, 0.3) is 0 Å². The van der Waals surface area contributed by atoms with Crippen molar-refractivity contribution < 1.29 is 26.2 Å². The van der Waals surface area contributed by atoms with Gasteiger partial charge in [-0.1, -0.05) is 74.7 Å². The summed E-state index contributed by atoms with van der Waals surface area (Å²) in [5.41, 5.74) is 13.5. The minimum Gasteiger partial charge on any atom is -0.376 e. The molecule has 0 spiro atoms. The SMILES string of the molecule is C[Si](C)(C)[C-]=C1Cc2ccccc2CC1=[C-][Si](C)(C)C.[CH]1[CH][CH][CH][CH]1.[CH]1[CH][CH][CH][CH]1.[Zr+4]. The number of benzene rings is 1. The standard InChI is InChI=1S/C18H26Si2.2C5H5.Zr/c1-19(2,3)13-17-11-15-9-7-8-10-16(15)12-18(17)14-20(4,5)6;2*1-2-4-5-3-1;/h7-10H,11-12H2,1-6H3;2*1-5H;/q-2;;;+4. The van der Waals surface area contributed by atoms with Crippen molar-refractivity contribution in [2.24, 2.45) is 0 Å². The molecule has 2 saturated carbocycles. The summed E-state index contributed by atoms with van der Waals surface area (Å²) < 4.78 is 0. The Balaban J connectivity index is 0.000000356. The van der Waals surface area contributed by atoms with E-state index in [-0.39, 0.29) is 26.2 Å². The summed E-state index contributed by atoms with van der Waals surface area (Å²) in [5, 5.41) is 0. The van der Waals surface area contributed by atoms with Crippen molar-refractivity contribution in [3.05, 3.63) is 122 Å². The minimum atomic E-state index is -1.32. The van der Waals surface area contributed by atoms with Crippen LogP contribution in [0.4, 0.5) is 0 Å². The van der Waals surface area contributed by atoms with E-state index in [0.29, 0.717) is 0 Å². The van der Waals surface area contributed by atoms with Gasteiger partial charge >= 0.3 is 26.2 Å². The Hall–Kier alpha value is 0.0169. The van der Waals surface area contributed by atoms with E-state index < -0.39 is 16.1 Å². The normalized spacial score (nSPS) is 20.8. The summed E-state index contributed by atoms with van der Waals surface area (Å²) in [7, 11) is -2.63. The summed E-state index contributed by atoms with van der Waals surface area (Å²) in [6, 6.07) is 8.85. The molecule has 1 aromatic rings. The minimum absolute atomic E-state index is 0. The summed E-state index contributed by atoms with van der Waals surface area (Å²) >= 11 is 0. The fourth-order valence-electron chi connectivity index (χ4n) is 3.28. The molecule has 0 aliphatic heterocycles. The van der Waals surface area contributed by atoms with Gasteiger partial charge in [0.25, 0.3) is 0 Å². The van der Waals surface area contributed by atoms with Gasteiger partial charge in [0.05, 0.1) is 0 Å². The Kier molecular flexibility index (Phi) is 13.4. The molecular weight excluding hydrogens is 484 g/mol. The third-order valence-electron chi connectivity index (χ3n) is 4.38. The zero-order chi connectivity index (χ0) is 22.0. The second-order valence-electron chi connectivity index (χ2n) is 9.75. The summed E-state index contributed by atoms with van der Waals surface area (Å²) in [5.74, 6) is 0. The van der Waals surface area contributed by atoms with Crippen molar-refractivity contribution in [3.63, 3.8) is 0 Å². The van der Waals surface area contributed by atoms with Crippen LogP contribution in [-0.4, -0.2) is 16.1 Å². The molecule has 2 fully saturated rings. The third kappa shape index (κ3) is 12.7. The maximum absolute atomic E-state index is 3.85. The van der Waals surface area contributed by atoms with Gasteiger partial charge in [-0.2, -0.15) is 0 Å². The van der Waals surface area contributed by atoms with Crippen LogP contribution >= 0.6 is 0 Å². The second kappa shape index (κ2) is 14.3. The van der Waals surface area contributed by atoms with Gasteiger partial charge < -0.3 is 22.5 Å². The molecule has 1 aromatic carbocycles. The van der Waals surface area contributed by atoms with Crippen LogP contribution in [0.1, 0.15) is 11.1 Å². The molecule has 0 heterocycles. The molecule has 0 saturated heterocycles. The van der Waals surface area contributed by atoms with E-state index in [9.17, 15) is 0 Å². The van der Waals surface area contributed by atoms with Gasteiger partial charge in [-0.25, -0.2) is 0 Å². The van der Waals surface area contributed by atoms with Gasteiger partial charge in [-0.15, -0.1) is 12.8 Å². The average Bonchev–Trinajstić information content (AvgIpc) is 3.38. The topological polar surface area (TPSA) is 0 Å². The molecule has 3 aliphatic carbocycles. The molecule has 158 valence electrons. The number of fused-ring (bicyclic) bond motifs is 1. The largest absolute Gasteiger partial charge is 4.00 e. The Morgan fingerprint density at radius 3 is 1.00 bits per heavy atom. The first-order valence-electron chi connectivity index (χ1n) is 10.8. The Morgan fingerprint density at radius 1 is 0.516 bits per heavy atom. The molecule has 0 nitrogen and oxygen atoms in total. The zero-order valence-corrected chi connectivity index (χ0v) is 24.5. The first kappa shape index (κ1) is 29.0. The first-order chi connectivity index (χ1) is 14.1. The van der Waals surface area contributed by atoms with Crippen molar-refractivity contribution in [1.29, 1.82) is 0 Å². The first-order valence-corrected chi connectivity index (χ1v) is 17.8. The number of rotatable bonds is 2. The molecule has 0 N–H and O–H groups in total. The molecule has 3 heteroatoms. The maximum atomic E-state index is 3.85. The fourth-order valence-corrected chi connectivity index (χ4v) is 5.57. The smallest absolute Gasteiger partial charge is 0.376 e. The average molecular weight is 520 g/mol. The molecule has 31 heavy (non-hydrogen) atoms. The van der Waals surface area contributed by atoms with Gasteiger partial charge in [0.15, 0.2) is 0 Å². The number of allylic oxidation sites excluding steroid dienone is 2. The van der Waals surface area contributed by atoms with E-state index in [1.54, 1.807) is 0 Å². The number of hydrogen-bond acceptors (Lipinski definition) is 0. The van der Waals surface area contributed by atoms with Gasteiger partial charge in [0.1, 0.15) is 0 Å². The maximum Gasteiger partial charge on any atom is 4.00 e. The van der Waals surface area contributed by atoms with Crippen LogP contribution in [0.2, 0.25) is 39.3 Å². The predicted octanol–water partition coefficient (Wildman–Crippen LogP) is 7.04. The fraction of sp³-hybridized carbons (Fsp3) is 0.286. The van der Waals surface area contributed by atoms with Crippen LogP contribution in [0.5, 0.6) is 0 Å². The number of hydrogen-bond donors (Lipinski definition) is 0. The van der Waals surface area contributed by atoms with E-state index in [1.165, 1.54) is 22.3 Å². The summed E-state index contributed by atoms with van der Waals surface area (Å²) in [4.78, 5) is 0. The molecule has 10 radical (unpaired) electrons. The third-order valence-corrected chi connectivity index (χ3v) is 6.48. The van der Waals surface area contributed by atoms with Crippen LogP contribution in [0.3, 0.4) is 0 Å². The van der Waals surface area contributed by atoms with Crippen LogP contribution < -0.4 is 0 Å². The van der Waals surface area contributed by atoms with Crippen LogP contribution in [0, 0.1) is 75.6 Å². The Morgan fingerprint density at radius 2 is 0.774 bits per heavy atom. The van der Waals surface area contributed by atoms with Crippen molar-refractivity contribution in [3.8, 4) is 0 Å². The summed E-state index contributed by atoms with van der Waals surface area (Å²) in [6.07, 6.45) is 22.1. The van der Waals surface area contributed by atoms with Crippen molar-refractivity contribution in [2.45, 2.75) is 52.1 Å². The molecule has 3 aliphatic rings.